The van der Waals surface area contributed by atoms with Gasteiger partial charge in [0.1, 0.15) is 0 Å². The number of hydrazone groups is 1. The third kappa shape index (κ3) is 2.43. The number of hydrogen-bond donors (Lipinski definition) is 0. The lowest BCUT2D eigenvalue weighted by molar-refractivity contribution is -0.152. The Morgan fingerprint density at radius 1 is 1.00 bits per heavy atom. The number of rotatable bonds is 3. The number of para-hydroxylation sites is 1. The van der Waals surface area contributed by atoms with Gasteiger partial charge in [-0.2, -0.15) is 5.10 Å². The quantitative estimate of drug-likeness (QED) is 0.594. The fourth-order valence-corrected chi connectivity index (χ4v) is 4.70. The Kier molecular flexibility index (Phi) is 3.97. The molecule has 0 aromatic heterocycles. The van der Waals surface area contributed by atoms with Crippen LogP contribution >= 0.6 is 0 Å². The van der Waals surface area contributed by atoms with Crippen molar-refractivity contribution in [3.63, 3.8) is 0 Å². The summed E-state index contributed by atoms with van der Waals surface area (Å²) < 4.78 is 5.26. The predicted octanol–water partition coefficient (Wildman–Crippen LogP) is 2.13. The van der Waals surface area contributed by atoms with Crippen molar-refractivity contribution >= 4 is 29.7 Å². The van der Waals surface area contributed by atoms with Crippen LogP contribution in [0.15, 0.2) is 59.7 Å². The molecule has 146 valence electrons. The van der Waals surface area contributed by atoms with E-state index in [-0.39, 0.29) is 18.4 Å². The van der Waals surface area contributed by atoms with Crippen LogP contribution in [0.1, 0.15) is 24.1 Å². The van der Waals surface area contributed by atoms with Crippen molar-refractivity contribution in [3.05, 3.63) is 65.7 Å². The molecule has 2 saturated heterocycles. The lowest BCUT2D eigenvalue weighted by Crippen LogP contribution is -2.45. The van der Waals surface area contributed by atoms with Crippen molar-refractivity contribution in [1.29, 1.82) is 0 Å². The summed E-state index contributed by atoms with van der Waals surface area (Å²) >= 11 is 0. The Labute approximate surface area is 167 Å². The van der Waals surface area contributed by atoms with Crippen molar-refractivity contribution in [2.24, 2.45) is 16.9 Å². The lowest BCUT2D eigenvalue weighted by Gasteiger charge is -2.33. The Morgan fingerprint density at radius 3 is 2.45 bits per heavy atom. The van der Waals surface area contributed by atoms with Crippen LogP contribution in [0.5, 0.6) is 0 Å². The van der Waals surface area contributed by atoms with Crippen LogP contribution in [0.2, 0.25) is 0 Å². The number of esters is 1. The summed E-state index contributed by atoms with van der Waals surface area (Å²) in [4.78, 5) is 40.9. The zero-order valence-corrected chi connectivity index (χ0v) is 15.8. The molecular formula is C22H19N3O4. The summed E-state index contributed by atoms with van der Waals surface area (Å²) in [6.45, 7) is 1.91. The maximum Gasteiger partial charge on any atom is 0.331 e. The highest BCUT2D eigenvalue weighted by molar-refractivity contribution is 6.23. The van der Waals surface area contributed by atoms with Crippen molar-refractivity contribution < 1.29 is 19.1 Å². The molecule has 5 rings (SSSR count). The Balaban J connectivity index is 1.65. The maximum atomic E-state index is 13.5. The van der Waals surface area contributed by atoms with Crippen LogP contribution in [-0.2, 0) is 19.1 Å². The summed E-state index contributed by atoms with van der Waals surface area (Å²) in [7, 11) is 0. The van der Waals surface area contributed by atoms with Crippen molar-refractivity contribution in [2.75, 3.05) is 11.5 Å². The first kappa shape index (κ1) is 17.6. The highest BCUT2D eigenvalue weighted by Crippen LogP contribution is 2.52. The second kappa shape index (κ2) is 6.55. The fraction of sp³-hybridized carbons (Fsp3) is 0.273. The van der Waals surface area contributed by atoms with Crippen LogP contribution in [0, 0.1) is 11.8 Å². The van der Waals surface area contributed by atoms with Crippen LogP contribution in [0.4, 0.5) is 5.69 Å². The van der Waals surface area contributed by atoms with E-state index in [2.05, 4.69) is 5.10 Å². The molecule has 0 aliphatic carbocycles. The normalized spacial score (nSPS) is 26.9. The first-order valence-corrected chi connectivity index (χ1v) is 9.64. The summed E-state index contributed by atoms with van der Waals surface area (Å²) in [5.41, 5.74) is 2.29. The highest BCUT2D eigenvalue weighted by atomic mass is 16.5. The smallest absolute Gasteiger partial charge is 0.331 e. The van der Waals surface area contributed by atoms with Gasteiger partial charge in [-0.25, -0.2) is 9.69 Å². The number of ether oxygens (including phenoxy) is 1. The van der Waals surface area contributed by atoms with E-state index >= 15 is 0 Å². The van der Waals surface area contributed by atoms with Gasteiger partial charge in [0.15, 0.2) is 6.04 Å². The molecule has 4 atom stereocenters. The Bertz CT molecular complexity index is 1040. The number of nitrogens with zero attached hydrogens (tertiary/aromatic N) is 3. The zero-order valence-electron chi connectivity index (χ0n) is 15.8. The first-order valence-electron chi connectivity index (χ1n) is 9.64. The van der Waals surface area contributed by atoms with Gasteiger partial charge in [0.05, 0.1) is 36.4 Å². The number of hydrogen-bond acceptors (Lipinski definition) is 6. The van der Waals surface area contributed by atoms with E-state index in [1.54, 1.807) is 42.4 Å². The van der Waals surface area contributed by atoms with Gasteiger partial charge in [-0.3, -0.25) is 14.6 Å². The monoisotopic (exact) mass is 389 g/mol. The van der Waals surface area contributed by atoms with Gasteiger partial charge in [0.25, 0.3) is 0 Å². The van der Waals surface area contributed by atoms with E-state index in [0.717, 1.165) is 11.1 Å². The molecule has 0 N–H and O–H groups in total. The van der Waals surface area contributed by atoms with E-state index in [1.165, 1.54) is 4.90 Å². The fourth-order valence-electron chi connectivity index (χ4n) is 4.70. The van der Waals surface area contributed by atoms with Crippen molar-refractivity contribution in [1.82, 2.24) is 5.01 Å². The van der Waals surface area contributed by atoms with Crippen LogP contribution in [-0.4, -0.2) is 41.7 Å². The topological polar surface area (TPSA) is 79.3 Å². The Hall–Kier alpha value is -3.48. The molecule has 0 bridgehead atoms. The standard InChI is InChI=1S/C22H19N3O4/c1-2-29-22(28)19-17-16(18-15-11-7-6-8-13(15)12-23-25(18)19)20(26)24(21(17)27)14-9-4-3-5-10-14/h3-12,16-19H,2H2,1H3/t16-,17+,18+,19-/m0/s1. The molecule has 2 aromatic rings. The second-order valence-corrected chi connectivity index (χ2v) is 7.29. The lowest BCUT2D eigenvalue weighted by atomic mass is 9.85. The molecule has 3 aliphatic rings. The number of carbonyl (C=O) groups is 3. The molecule has 7 nitrogen and oxygen atoms in total. The minimum Gasteiger partial charge on any atom is -0.464 e. The van der Waals surface area contributed by atoms with Crippen LogP contribution in [0.3, 0.4) is 0 Å². The van der Waals surface area contributed by atoms with Crippen molar-refractivity contribution in [2.45, 2.75) is 19.0 Å². The van der Waals surface area contributed by atoms with E-state index in [9.17, 15) is 14.4 Å². The number of anilines is 1. The summed E-state index contributed by atoms with van der Waals surface area (Å²) in [6, 6.07) is 15.0. The third-order valence-corrected chi connectivity index (χ3v) is 5.84. The van der Waals surface area contributed by atoms with E-state index in [4.69, 9.17) is 4.74 Å². The summed E-state index contributed by atoms with van der Waals surface area (Å²) in [5.74, 6) is -2.75. The maximum absolute atomic E-state index is 13.5. The molecule has 2 fully saturated rings. The van der Waals surface area contributed by atoms with E-state index < -0.39 is 29.9 Å². The number of carbonyl (C=O) groups excluding carboxylic acids is 3. The first-order chi connectivity index (χ1) is 14.1. The molecule has 0 saturated carbocycles. The van der Waals surface area contributed by atoms with Gasteiger partial charge >= 0.3 is 5.97 Å². The predicted molar refractivity (Wildman–Crippen MR) is 105 cm³/mol. The van der Waals surface area contributed by atoms with Gasteiger partial charge in [0, 0.05) is 0 Å². The molecule has 2 amide bonds. The van der Waals surface area contributed by atoms with Gasteiger partial charge in [0.2, 0.25) is 11.8 Å². The number of amides is 2. The highest BCUT2D eigenvalue weighted by Gasteiger charge is 2.66. The molecule has 0 unspecified atom stereocenters. The third-order valence-electron chi connectivity index (χ3n) is 5.84. The van der Waals surface area contributed by atoms with Crippen LogP contribution < -0.4 is 4.90 Å². The minimum atomic E-state index is -0.931. The number of benzene rings is 2. The van der Waals surface area contributed by atoms with Gasteiger partial charge in [-0.1, -0.05) is 42.5 Å². The van der Waals surface area contributed by atoms with Gasteiger partial charge < -0.3 is 4.74 Å². The van der Waals surface area contributed by atoms with E-state index in [0.29, 0.717) is 5.69 Å². The molecule has 29 heavy (non-hydrogen) atoms. The summed E-state index contributed by atoms with van der Waals surface area (Å²) in [6.07, 6.45) is 1.67. The number of fused-ring (bicyclic) bond motifs is 5. The number of imide groups is 1. The SMILES string of the molecule is CCOC(=O)[C@@H]1[C@@H]2C(=O)N(c3ccccc3)C(=O)[C@@H]2[C@H]2c3ccccc3C=NN12. The average Bonchev–Trinajstić information content (AvgIpc) is 3.22. The molecule has 3 heterocycles. The largest absolute Gasteiger partial charge is 0.464 e. The molecule has 0 radical (unpaired) electrons. The minimum absolute atomic E-state index is 0.191. The van der Waals surface area contributed by atoms with Crippen molar-refractivity contribution in [3.8, 4) is 0 Å². The Morgan fingerprint density at radius 2 is 1.69 bits per heavy atom. The zero-order chi connectivity index (χ0) is 20.1. The van der Waals surface area contributed by atoms with Gasteiger partial charge in [-0.05, 0) is 30.2 Å². The molecule has 2 aromatic carbocycles. The summed E-state index contributed by atoms with van der Waals surface area (Å²) in [5, 5.41) is 6.04. The molecule has 7 heteroatoms. The van der Waals surface area contributed by atoms with Crippen LogP contribution in [0.25, 0.3) is 0 Å². The molecule has 3 aliphatic heterocycles. The molecular weight excluding hydrogens is 370 g/mol. The molecule has 0 spiro atoms. The second-order valence-electron chi connectivity index (χ2n) is 7.29. The average molecular weight is 389 g/mol. The van der Waals surface area contributed by atoms with E-state index in [1.807, 2.05) is 30.3 Å². The van der Waals surface area contributed by atoms with Gasteiger partial charge in [-0.15, -0.1) is 0 Å².